The van der Waals surface area contributed by atoms with Gasteiger partial charge in [-0.25, -0.2) is 0 Å². The summed E-state index contributed by atoms with van der Waals surface area (Å²) in [5.74, 6) is 0.103. The highest BCUT2D eigenvalue weighted by molar-refractivity contribution is 5.72. The molecule has 1 N–H and O–H groups in total. The van der Waals surface area contributed by atoms with Crippen LogP contribution in [0.4, 0.5) is 0 Å². The van der Waals surface area contributed by atoms with Crippen molar-refractivity contribution in [1.29, 1.82) is 0 Å². The molecule has 0 aliphatic carbocycles. The smallest absolute Gasteiger partial charge is 0.309 e. The van der Waals surface area contributed by atoms with E-state index in [0.29, 0.717) is 6.61 Å². The molecule has 2 fully saturated rings. The number of hydrogen-bond acceptors (Lipinski definition) is 4. The molecular formula is C13H24ClNO4. The lowest BCUT2D eigenvalue weighted by molar-refractivity contribution is -0.906. The number of carbonyl (C=O) groups excluding carboxylic acids is 1. The van der Waals surface area contributed by atoms with E-state index in [2.05, 4.69) is 0 Å². The minimum Gasteiger partial charge on any atom is -1.00 e. The summed E-state index contributed by atoms with van der Waals surface area (Å²) in [5.41, 5.74) is 0. The highest BCUT2D eigenvalue weighted by atomic mass is 35.5. The van der Waals surface area contributed by atoms with Gasteiger partial charge in [0.15, 0.2) is 6.29 Å². The quantitative estimate of drug-likeness (QED) is 0.537. The summed E-state index contributed by atoms with van der Waals surface area (Å²) in [5, 5.41) is 0. The zero-order chi connectivity index (χ0) is 12.8. The molecule has 0 unspecified atom stereocenters. The van der Waals surface area contributed by atoms with Crippen molar-refractivity contribution in [3.05, 3.63) is 0 Å². The normalized spacial score (nSPS) is 27.8. The van der Waals surface area contributed by atoms with Crippen molar-refractivity contribution in [2.24, 2.45) is 5.92 Å². The van der Waals surface area contributed by atoms with Gasteiger partial charge >= 0.3 is 5.97 Å². The fourth-order valence-corrected chi connectivity index (χ4v) is 2.67. The molecule has 19 heavy (non-hydrogen) atoms. The number of rotatable bonds is 5. The molecule has 2 aliphatic heterocycles. The van der Waals surface area contributed by atoms with Gasteiger partial charge in [-0.3, -0.25) is 4.79 Å². The maximum atomic E-state index is 11.6. The summed E-state index contributed by atoms with van der Waals surface area (Å²) >= 11 is 0. The minimum atomic E-state index is -0.0148. The van der Waals surface area contributed by atoms with Crippen LogP contribution in [-0.4, -0.2) is 51.7 Å². The van der Waals surface area contributed by atoms with Crippen molar-refractivity contribution in [2.75, 3.05) is 39.5 Å². The maximum absolute atomic E-state index is 11.6. The fourth-order valence-electron chi connectivity index (χ4n) is 2.67. The van der Waals surface area contributed by atoms with Gasteiger partial charge in [0, 0.05) is 19.3 Å². The lowest BCUT2D eigenvalue weighted by Crippen LogP contribution is -3.13. The van der Waals surface area contributed by atoms with Crippen LogP contribution in [-0.2, 0) is 19.0 Å². The maximum Gasteiger partial charge on any atom is 0.309 e. The molecule has 5 nitrogen and oxygen atoms in total. The number of esters is 1. The van der Waals surface area contributed by atoms with Crippen LogP contribution < -0.4 is 17.3 Å². The zero-order valence-corrected chi connectivity index (χ0v) is 12.3. The first-order chi connectivity index (χ1) is 8.79. The van der Waals surface area contributed by atoms with Gasteiger partial charge in [0.2, 0.25) is 0 Å². The van der Waals surface area contributed by atoms with Gasteiger partial charge in [-0.15, -0.1) is 0 Å². The molecule has 0 spiro atoms. The first kappa shape index (κ1) is 16.7. The van der Waals surface area contributed by atoms with Crippen LogP contribution in [0.15, 0.2) is 0 Å². The Hall–Kier alpha value is -0.360. The van der Waals surface area contributed by atoms with E-state index in [1.807, 2.05) is 6.92 Å². The van der Waals surface area contributed by atoms with Gasteiger partial charge in [-0.05, 0) is 6.92 Å². The summed E-state index contributed by atoms with van der Waals surface area (Å²) in [6.07, 6.45) is 2.85. The molecule has 0 radical (unpaired) electrons. The van der Waals surface area contributed by atoms with E-state index in [9.17, 15) is 4.79 Å². The van der Waals surface area contributed by atoms with Crippen LogP contribution in [0.5, 0.6) is 0 Å². The first-order valence-corrected chi connectivity index (χ1v) is 7.03. The number of piperidine rings is 1. The molecule has 2 heterocycles. The molecule has 2 saturated heterocycles. The lowest BCUT2D eigenvalue weighted by Gasteiger charge is -2.28. The highest BCUT2D eigenvalue weighted by Crippen LogP contribution is 2.12. The third kappa shape index (κ3) is 5.26. The average molecular weight is 294 g/mol. The molecule has 0 amide bonds. The lowest BCUT2D eigenvalue weighted by atomic mass is 9.97. The number of nitrogens with one attached hydrogen (secondary N) is 1. The SMILES string of the molecule is CCOC(=O)C1CC[NH+](CCC2OCCO2)CC1.[Cl-]. The van der Waals surface area contributed by atoms with E-state index in [4.69, 9.17) is 14.2 Å². The molecule has 0 aromatic carbocycles. The van der Waals surface area contributed by atoms with E-state index >= 15 is 0 Å². The largest absolute Gasteiger partial charge is 1.00 e. The first-order valence-electron chi connectivity index (χ1n) is 7.03. The summed E-state index contributed by atoms with van der Waals surface area (Å²) in [6.45, 7) is 6.98. The van der Waals surface area contributed by atoms with E-state index in [1.165, 1.54) is 0 Å². The highest BCUT2D eigenvalue weighted by Gasteiger charge is 2.29. The second-order valence-corrected chi connectivity index (χ2v) is 4.99. The number of carbonyl (C=O) groups is 1. The second kappa shape index (κ2) is 8.74. The van der Waals surface area contributed by atoms with Crippen LogP contribution >= 0.6 is 0 Å². The topological polar surface area (TPSA) is 49.2 Å². The number of halogens is 1. The molecule has 2 rings (SSSR count). The molecule has 0 saturated carbocycles. The summed E-state index contributed by atoms with van der Waals surface area (Å²) in [6, 6.07) is 0. The standard InChI is InChI=1S/C13H23NO4.ClH/c1-2-16-13(15)11-3-6-14(7-4-11)8-5-12-17-9-10-18-12;/h11-12H,2-10H2,1H3;1H. The number of likely N-dealkylation sites (tertiary alicyclic amines) is 1. The third-order valence-electron chi connectivity index (χ3n) is 3.74. The van der Waals surface area contributed by atoms with Crippen molar-refractivity contribution in [3.63, 3.8) is 0 Å². The predicted octanol–water partition coefficient (Wildman–Crippen LogP) is -3.39. The van der Waals surface area contributed by atoms with E-state index in [1.54, 1.807) is 4.90 Å². The van der Waals surface area contributed by atoms with Gasteiger partial charge in [-0.2, -0.15) is 0 Å². The van der Waals surface area contributed by atoms with Crippen LogP contribution in [0.25, 0.3) is 0 Å². The molecule has 2 aliphatic rings. The van der Waals surface area contributed by atoms with Crippen molar-refractivity contribution in [3.8, 4) is 0 Å². The molecule has 112 valence electrons. The van der Waals surface area contributed by atoms with Crippen LogP contribution in [0.3, 0.4) is 0 Å². The van der Waals surface area contributed by atoms with Gasteiger partial charge in [0.1, 0.15) is 0 Å². The molecule has 0 aromatic rings. The molecule has 6 heteroatoms. The van der Waals surface area contributed by atoms with Crippen molar-refractivity contribution >= 4 is 5.97 Å². The Labute approximate surface area is 121 Å². The van der Waals surface area contributed by atoms with Crippen molar-refractivity contribution < 1.29 is 36.3 Å². The van der Waals surface area contributed by atoms with Gasteiger partial charge in [0.25, 0.3) is 0 Å². The Morgan fingerprint density at radius 1 is 1.26 bits per heavy atom. The zero-order valence-electron chi connectivity index (χ0n) is 11.5. The van der Waals surface area contributed by atoms with E-state index in [0.717, 1.165) is 52.1 Å². The van der Waals surface area contributed by atoms with Gasteiger partial charge in [-0.1, -0.05) is 0 Å². The van der Waals surface area contributed by atoms with E-state index < -0.39 is 0 Å². The second-order valence-electron chi connectivity index (χ2n) is 4.99. The molecule has 0 atom stereocenters. The monoisotopic (exact) mass is 293 g/mol. The van der Waals surface area contributed by atoms with Crippen molar-refractivity contribution in [1.82, 2.24) is 0 Å². The van der Waals surface area contributed by atoms with Gasteiger partial charge in [0.05, 0.1) is 45.4 Å². The Bertz CT molecular complexity index is 263. The van der Waals surface area contributed by atoms with E-state index in [-0.39, 0.29) is 30.6 Å². The Kier molecular flexibility index (Phi) is 7.68. The average Bonchev–Trinajstić information content (AvgIpc) is 2.90. The Morgan fingerprint density at radius 2 is 1.89 bits per heavy atom. The molecule has 0 bridgehead atoms. The molecular weight excluding hydrogens is 270 g/mol. The Morgan fingerprint density at radius 3 is 2.47 bits per heavy atom. The fraction of sp³-hybridized carbons (Fsp3) is 0.923. The Balaban J connectivity index is 0.00000180. The van der Waals surface area contributed by atoms with Crippen LogP contribution in [0, 0.1) is 5.92 Å². The van der Waals surface area contributed by atoms with Crippen LogP contribution in [0.1, 0.15) is 26.2 Å². The van der Waals surface area contributed by atoms with Gasteiger partial charge < -0.3 is 31.5 Å². The summed E-state index contributed by atoms with van der Waals surface area (Å²) in [7, 11) is 0. The number of ether oxygens (including phenoxy) is 3. The number of hydrogen-bond donors (Lipinski definition) is 1. The molecule has 0 aromatic heterocycles. The number of quaternary nitrogens is 1. The minimum absolute atomic E-state index is 0. The van der Waals surface area contributed by atoms with Crippen molar-refractivity contribution in [2.45, 2.75) is 32.5 Å². The summed E-state index contributed by atoms with van der Waals surface area (Å²) < 4.78 is 15.9. The van der Waals surface area contributed by atoms with Crippen LogP contribution in [0.2, 0.25) is 0 Å². The third-order valence-corrected chi connectivity index (χ3v) is 3.74. The summed E-state index contributed by atoms with van der Waals surface area (Å²) in [4.78, 5) is 13.2. The predicted molar refractivity (Wildman–Crippen MR) is 65.2 cm³/mol.